The van der Waals surface area contributed by atoms with Crippen LogP contribution in [0.25, 0.3) is 56.1 Å². The van der Waals surface area contributed by atoms with Crippen LogP contribution in [0, 0.1) is 0 Å². The van der Waals surface area contributed by atoms with Gasteiger partial charge >= 0.3 is 0 Å². The molecule has 0 unspecified atom stereocenters. The van der Waals surface area contributed by atoms with Gasteiger partial charge in [-0.3, -0.25) is 10.1 Å². The van der Waals surface area contributed by atoms with E-state index >= 15 is 0 Å². The van der Waals surface area contributed by atoms with Crippen LogP contribution >= 0.6 is 0 Å². The average Bonchev–Trinajstić information content (AvgIpc) is 3.68. The van der Waals surface area contributed by atoms with Crippen LogP contribution in [0.3, 0.4) is 0 Å². The molecule has 0 atom stereocenters. The van der Waals surface area contributed by atoms with E-state index in [0.717, 1.165) is 65.1 Å². The molecule has 10 nitrogen and oxygen atoms in total. The van der Waals surface area contributed by atoms with E-state index in [2.05, 4.69) is 30.5 Å². The summed E-state index contributed by atoms with van der Waals surface area (Å²) in [5, 5.41) is 10.9. The summed E-state index contributed by atoms with van der Waals surface area (Å²) in [6.07, 6.45) is 10.8. The Labute approximate surface area is 205 Å². The molecule has 3 N–H and O–H groups in total. The van der Waals surface area contributed by atoms with Crippen LogP contribution in [0.15, 0.2) is 65.9 Å². The van der Waals surface area contributed by atoms with E-state index in [9.17, 15) is 0 Å². The predicted octanol–water partition coefficient (Wildman–Crippen LogP) is 4.35. The van der Waals surface area contributed by atoms with Gasteiger partial charge in [0, 0.05) is 29.1 Å². The molecule has 0 radical (unpaired) electrons. The van der Waals surface area contributed by atoms with Crippen LogP contribution in [0.2, 0.25) is 0 Å². The topological polar surface area (TPSA) is 130 Å². The predicted molar refractivity (Wildman–Crippen MR) is 134 cm³/mol. The third kappa shape index (κ3) is 3.68. The van der Waals surface area contributed by atoms with Crippen LogP contribution in [0.5, 0.6) is 5.75 Å². The number of piperidine rings is 1. The lowest BCUT2D eigenvalue weighted by atomic mass is 10.1. The Balaban J connectivity index is 1.26. The number of nitrogens with one attached hydrogen (secondary N) is 3. The summed E-state index contributed by atoms with van der Waals surface area (Å²) < 4.78 is 11.4. The van der Waals surface area contributed by atoms with E-state index < -0.39 is 0 Å². The smallest absolute Gasteiger partial charge is 0.162 e. The minimum absolute atomic E-state index is 0.202. The number of aromatic nitrogens is 7. The Kier molecular flexibility index (Phi) is 4.95. The largest absolute Gasteiger partial charge is 0.489 e. The Bertz CT molecular complexity index is 1660. The molecule has 7 rings (SSSR count). The first kappa shape index (κ1) is 20.8. The summed E-state index contributed by atoms with van der Waals surface area (Å²) in [4.78, 5) is 21.9. The number of aromatic amines is 2. The summed E-state index contributed by atoms with van der Waals surface area (Å²) in [6.45, 7) is 1.94. The molecule has 178 valence electrons. The van der Waals surface area contributed by atoms with Crippen LogP contribution in [0.4, 0.5) is 0 Å². The molecule has 6 aromatic heterocycles. The van der Waals surface area contributed by atoms with Crippen molar-refractivity contribution >= 4 is 22.2 Å². The maximum Gasteiger partial charge on any atom is 0.162 e. The van der Waals surface area contributed by atoms with Crippen LogP contribution in [-0.4, -0.2) is 54.3 Å². The van der Waals surface area contributed by atoms with Crippen molar-refractivity contribution in [3.63, 3.8) is 0 Å². The maximum atomic E-state index is 6.18. The molecule has 0 spiro atoms. The molecule has 1 aliphatic heterocycles. The number of nitrogens with zero attached hydrogens (tertiary/aromatic N) is 5. The first-order valence-electron chi connectivity index (χ1n) is 11.9. The maximum absolute atomic E-state index is 6.18. The van der Waals surface area contributed by atoms with E-state index in [-0.39, 0.29) is 6.10 Å². The number of pyridine rings is 3. The highest BCUT2D eigenvalue weighted by Crippen LogP contribution is 2.31. The molecule has 0 aromatic carbocycles. The van der Waals surface area contributed by atoms with E-state index in [1.807, 2.05) is 30.3 Å². The third-order valence-electron chi connectivity index (χ3n) is 6.45. The summed E-state index contributed by atoms with van der Waals surface area (Å²) in [7, 11) is 0. The van der Waals surface area contributed by atoms with Gasteiger partial charge in [-0.15, -0.1) is 0 Å². The van der Waals surface area contributed by atoms with Gasteiger partial charge in [0.2, 0.25) is 0 Å². The highest BCUT2D eigenvalue weighted by atomic mass is 16.5. The van der Waals surface area contributed by atoms with E-state index in [1.54, 1.807) is 31.1 Å². The zero-order valence-corrected chi connectivity index (χ0v) is 19.2. The number of ether oxygens (including phenoxy) is 1. The average molecular weight is 479 g/mol. The molecule has 1 aliphatic rings. The van der Waals surface area contributed by atoms with Crippen molar-refractivity contribution in [1.82, 2.24) is 40.4 Å². The standard InChI is InChI=1S/C26H22N8O2/c1-2-21-23(30-20(1)16-11-18(13-28-12-16)36-17-3-7-27-8-4-17)24(34-33-21)26-31-22-19(15-6-10-35-14-15)5-9-29-25(22)32-26/h1-2,5-6,9-14,17,27H,3-4,7-8H2,(H,33,34)(H,29,31,32). The number of fused-ring (bicyclic) bond motifs is 2. The van der Waals surface area contributed by atoms with Crippen molar-refractivity contribution in [2.24, 2.45) is 0 Å². The number of rotatable bonds is 5. The van der Waals surface area contributed by atoms with E-state index in [4.69, 9.17) is 19.1 Å². The first-order chi connectivity index (χ1) is 17.8. The summed E-state index contributed by atoms with van der Waals surface area (Å²) in [6, 6.07) is 9.73. The van der Waals surface area contributed by atoms with E-state index in [1.165, 1.54) is 0 Å². The summed E-state index contributed by atoms with van der Waals surface area (Å²) in [5.41, 5.74) is 7.08. The number of hydrogen-bond donors (Lipinski definition) is 3. The lowest BCUT2D eigenvalue weighted by Crippen LogP contribution is -2.34. The lowest BCUT2D eigenvalue weighted by molar-refractivity contribution is 0.162. The van der Waals surface area contributed by atoms with Gasteiger partial charge in [-0.25, -0.2) is 15.0 Å². The Hall–Kier alpha value is -4.57. The van der Waals surface area contributed by atoms with Gasteiger partial charge in [0.1, 0.15) is 22.9 Å². The normalized spacial score (nSPS) is 14.6. The lowest BCUT2D eigenvalue weighted by Gasteiger charge is -2.23. The zero-order valence-electron chi connectivity index (χ0n) is 19.2. The number of H-pyrrole nitrogens is 2. The van der Waals surface area contributed by atoms with E-state index in [0.29, 0.717) is 22.7 Å². The highest BCUT2D eigenvalue weighted by Gasteiger charge is 2.18. The molecular weight excluding hydrogens is 456 g/mol. The Morgan fingerprint density at radius 1 is 0.972 bits per heavy atom. The van der Waals surface area contributed by atoms with Gasteiger partial charge in [-0.2, -0.15) is 5.10 Å². The van der Waals surface area contributed by atoms with Gasteiger partial charge in [0.05, 0.1) is 29.9 Å². The van der Waals surface area contributed by atoms with Crippen LogP contribution < -0.4 is 10.1 Å². The van der Waals surface area contributed by atoms with Crippen LogP contribution in [0.1, 0.15) is 12.8 Å². The molecule has 0 bridgehead atoms. The Morgan fingerprint density at radius 3 is 2.81 bits per heavy atom. The van der Waals surface area contributed by atoms with Crippen molar-refractivity contribution < 1.29 is 9.15 Å². The molecule has 36 heavy (non-hydrogen) atoms. The minimum atomic E-state index is 0.202. The molecule has 10 heteroatoms. The van der Waals surface area contributed by atoms with Gasteiger partial charge in [0.25, 0.3) is 0 Å². The fraction of sp³-hybridized carbons (Fsp3) is 0.192. The number of furan rings is 1. The van der Waals surface area contributed by atoms with Gasteiger partial charge < -0.3 is 19.5 Å². The molecule has 1 fully saturated rings. The van der Waals surface area contributed by atoms with Crippen LogP contribution in [-0.2, 0) is 0 Å². The summed E-state index contributed by atoms with van der Waals surface area (Å²) >= 11 is 0. The van der Waals surface area contributed by atoms with Crippen molar-refractivity contribution in [1.29, 1.82) is 0 Å². The van der Waals surface area contributed by atoms with Gasteiger partial charge in [-0.05, 0) is 56.3 Å². The Morgan fingerprint density at radius 2 is 1.92 bits per heavy atom. The van der Waals surface area contributed by atoms with Gasteiger partial charge in [0.15, 0.2) is 17.2 Å². The molecule has 1 saturated heterocycles. The molecule has 0 amide bonds. The second-order valence-corrected chi connectivity index (χ2v) is 8.79. The SMILES string of the molecule is c1cc(-c2ccoc2)c2nc(-c3n[nH]c4ccc(-c5cncc(OC6CCNCC6)c5)nc34)[nH]c2n1. The molecular formula is C26H22N8O2. The molecule has 0 saturated carbocycles. The fourth-order valence-corrected chi connectivity index (χ4v) is 4.63. The van der Waals surface area contributed by atoms with Crippen molar-refractivity contribution in [3.8, 4) is 39.7 Å². The quantitative estimate of drug-likeness (QED) is 0.333. The fourth-order valence-electron chi connectivity index (χ4n) is 4.63. The minimum Gasteiger partial charge on any atom is -0.489 e. The second-order valence-electron chi connectivity index (χ2n) is 8.79. The number of imidazole rings is 1. The van der Waals surface area contributed by atoms with Crippen molar-refractivity contribution in [3.05, 3.63) is 61.4 Å². The monoisotopic (exact) mass is 478 g/mol. The first-order valence-corrected chi connectivity index (χ1v) is 11.9. The molecule has 6 aromatic rings. The number of hydrogen-bond acceptors (Lipinski definition) is 8. The highest BCUT2D eigenvalue weighted by molar-refractivity contribution is 5.94. The molecule has 0 aliphatic carbocycles. The van der Waals surface area contributed by atoms with Crippen molar-refractivity contribution in [2.75, 3.05) is 13.1 Å². The second kappa shape index (κ2) is 8.58. The zero-order chi connectivity index (χ0) is 23.9. The van der Waals surface area contributed by atoms with Crippen molar-refractivity contribution in [2.45, 2.75) is 18.9 Å². The third-order valence-corrected chi connectivity index (χ3v) is 6.45. The van der Waals surface area contributed by atoms with Gasteiger partial charge in [-0.1, -0.05) is 0 Å². The molecule has 7 heterocycles. The summed E-state index contributed by atoms with van der Waals surface area (Å²) in [5.74, 6) is 1.34.